The number of hydrogen-bond acceptors (Lipinski definition) is 3. The standard InChI is InChI=1S/C21H23F2N3O2.ClH/c1-2-20(27)25-15-5-3-4-14(10-15)21(28)26-19-12-24-9-8-16(19)13-6-7-17(22)18(23)11-13;/h3-7,10-11,16,19,24H,2,8-9,12H2,1H3,(H,25,27)(H,26,28);1H. The molecular formula is C21H24ClF2N3O2. The molecule has 1 aliphatic heterocycles. The normalized spacial score (nSPS) is 18.4. The largest absolute Gasteiger partial charge is 0.347 e. The van der Waals surface area contributed by atoms with Crippen molar-refractivity contribution in [2.24, 2.45) is 0 Å². The number of piperidine rings is 1. The first-order chi connectivity index (χ1) is 13.5. The Balaban J connectivity index is 0.00000300. The van der Waals surface area contributed by atoms with E-state index in [0.717, 1.165) is 12.6 Å². The minimum Gasteiger partial charge on any atom is -0.347 e. The highest BCUT2D eigenvalue weighted by atomic mass is 35.5. The maximum atomic E-state index is 13.7. The van der Waals surface area contributed by atoms with Crippen LogP contribution in [-0.2, 0) is 4.79 Å². The third-order valence-electron chi connectivity index (χ3n) is 4.90. The molecule has 0 aromatic heterocycles. The van der Waals surface area contributed by atoms with E-state index in [1.54, 1.807) is 37.3 Å². The SMILES string of the molecule is CCC(=O)Nc1cccc(C(=O)NC2CNCCC2c2ccc(F)c(F)c2)c1.Cl. The number of carbonyl (C=O) groups is 2. The molecule has 3 N–H and O–H groups in total. The van der Waals surface area contributed by atoms with Crippen LogP contribution in [0.2, 0.25) is 0 Å². The summed E-state index contributed by atoms with van der Waals surface area (Å²) in [4.78, 5) is 24.3. The number of anilines is 1. The third-order valence-corrected chi connectivity index (χ3v) is 4.90. The summed E-state index contributed by atoms with van der Waals surface area (Å²) in [5.74, 6) is -2.31. The van der Waals surface area contributed by atoms with Crippen LogP contribution in [0.3, 0.4) is 0 Å². The van der Waals surface area contributed by atoms with Crippen molar-refractivity contribution in [3.8, 4) is 0 Å². The first-order valence-corrected chi connectivity index (χ1v) is 9.34. The molecular weight excluding hydrogens is 400 g/mol. The predicted molar refractivity (Wildman–Crippen MR) is 110 cm³/mol. The summed E-state index contributed by atoms with van der Waals surface area (Å²) >= 11 is 0. The van der Waals surface area contributed by atoms with Gasteiger partial charge in [-0.1, -0.05) is 19.1 Å². The molecule has 2 amide bonds. The van der Waals surface area contributed by atoms with E-state index < -0.39 is 11.6 Å². The van der Waals surface area contributed by atoms with E-state index in [4.69, 9.17) is 0 Å². The minimum absolute atomic E-state index is 0. The van der Waals surface area contributed by atoms with Crippen LogP contribution in [0.4, 0.5) is 14.5 Å². The van der Waals surface area contributed by atoms with Gasteiger partial charge in [-0.25, -0.2) is 8.78 Å². The Bertz CT molecular complexity index is 879. The lowest BCUT2D eigenvalue weighted by Gasteiger charge is -2.33. The van der Waals surface area contributed by atoms with E-state index in [2.05, 4.69) is 16.0 Å². The zero-order valence-electron chi connectivity index (χ0n) is 16.0. The molecule has 1 aliphatic rings. The highest BCUT2D eigenvalue weighted by molar-refractivity contribution is 5.97. The van der Waals surface area contributed by atoms with Gasteiger partial charge in [-0.15, -0.1) is 12.4 Å². The quantitative estimate of drug-likeness (QED) is 0.688. The second-order valence-corrected chi connectivity index (χ2v) is 6.84. The molecule has 0 aliphatic carbocycles. The topological polar surface area (TPSA) is 70.2 Å². The molecule has 0 bridgehead atoms. The maximum Gasteiger partial charge on any atom is 0.251 e. The van der Waals surface area contributed by atoms with Crippen molar-refractivity contribution in [1.82, 2.24) is 10.6 Å². The summed E-state index contributed by atoms with van der Waals surface area (Å²) in [6, 6.07) is 10.3. The third kappa shape index (κ3) is 5.74. The van der Waals surface area contributed by atoms with Crippen LogP contribution >= 0.6 is 12.4 Å². The zero-order chi connectivity index (χ0) is 20.1. The Labute approximate surface area is 174 Å². The lowest BCUT2D eigenvalue weighted by atomic mass is 9.85. The summed E-state index contributed by atoms with van der Waals surface area (Å²) in [6.07, 6.45) is 1.04. The van der Waals surface area contributed by atoms with Gasteiger partial charge in [0, 0.05) is 36.2 Å². The van der Waals surface area contributed by atoms with Crippen molar-refractivity contribution in [3.63, 3.8) is 0 Å². The number of halogens is 3. The predicted octanol–water partition coefficient (Wildman–Crippen LogP) is 3.61. The van der Waals surface area contributed by atoms with Crippen LogP contribution in [0.25, 0.3) is 0 Å². The van der Waals surface area contributed by atoms with Gasteiger partial charge in [-0.2, -0.15) is 0 Å². The monoisotopic (exact) mass is 423 g/mol. The molecule has 8 heteroatoms. The molecule has 156 valence electrons. The molecule has 1 heterocycles. The Kier molecular flexibility index (Phi) is 8.10. The molecule has 0 saturated carbocycles. The first-order valence-electron chi connectivity index (χ1n) is 9.34. The summed E-state index contributed by atoms with van der Waals surface area (Å²) < 4.78 is 26.9. The van der Waals surface area contributed by atoms with Crippen molar-refractivity contribution in [3.05, 3.63) is 65.2 Å². The average Bonchev–Trinajstić information content (AvgIpc) is 2.70. The fourth-order valence-electron chi connectivity index (χ4n) is 3.39. The fraction of sp³-hybridized carbons (Fsp3) is 0.333. The van der Waals surface area contributed by atoms with Crippen LogP contribution in [0.15, 0.2) is 42.5 Å². The van der Waals surface area contributed by atoms with Gasteiger partial charge in [-0.3, -0.25) is 9.59 Å². The fourth-order valence-corrected chi connectivity index (χ4v) is 3.39. The van der Waals surface area contributed by atoms with Crippen LogP contribution in [-0.4, -0.2) is 30.9 Å². The van der Waals surface area contributed by atoms with Gasteiger partial charge in [0.25, 0.3) is 5.91 Å². The molecule has 0 spiro atoms. The lowest BCUT2D eigenvalue weighted by Crippen LogP contribution is -2.50. The van der Waals surface area contributed by atoms with Crippen molar-refractivity contribution < 1.29 is 18.4 Å². The van der Waals surface area contributed by atoms with Gasteiger partial charge in [0.15, 0.2) is 11.6 Å². The summed E-state index contributed by atoms with van der Waals surface area (Å²) in [5, 5.41) is 8.93. The van der Waals surface area contributed by atoms with Gasteiger partial charge in [0.05, 0.1) is 0 Å². The van der Waals surface area contributed by atoms with E-state index in [1.807, 2.05) is 0 Å². The van der Waals surface area contributed by atoms with Crippen LogP contribution in [0.5, 0.6) is 0 Å². The molecule has 5 nitrogen and oxygen atoms in total. The highest BCUT2D eigenvalue weighted by Crippen LogP contribution is 2.27. The van der Waals surface area contributed by atoms with Crippen LogP contribution in [0, 0.1) is 11.6 Å². The summed E-state index contributed by atoms with van der Waals surface area (Å²) in [7, 11) is 0. The molecule has 1 fully saturated rings. The lowest BCUT2D eigenvalue weighted by molar-refractivity contribution is -0.115. The summed E-state index contributed by atoms with van der Waals surface area (Å²) in [5.41, 5.74) is 1.64. The van der Waals surface area contributed by atoms with Crippen LogP contribution in [0.1, 0.15) is 41.6 Å². The highest BCUT2D eigenvalue weighted by Gasteiger charge is 2.28. The number of rotatable bonds is 5. The number of benzene rings is 2. The zero-order valence-corrected chi connectivity index (χ0v) is 16.8. The second kappa shape index (κ2) is 10.3. The average molecular weight is 424 g/mol. The minimum atomic E-state index is -0.888. The molecule has 2 unspecified atom stereocenters. The molecule has 0 radical (unpaired) electrons. The number of carbonyl (C=O) groups excluding carboxylic acids is 2. The molecule has 3 rings (SSSR count). The Morgan fingerprint density at radius 1 is 1.14 bits per heavy atom. The first kappa shape index (κ1) is 22.8. The van der Waals surface area contributed by atoms with Gasteiger partial charge < -0.3 is 16.0 Å². The van der Waals surface area contributed by atoms with Crippen molar-refractivity contribution >= 4 is 29.9 Å². The van der Waals surface area contributed by atoms with E-state index in [-0.39, 0.29) is 36.2 Å². The Morgan fingerprint density at radius 2 is 1.93 bits per heavy atom. The Morgan fingerprint density at radius 3 is 2.66 bits per heavy atom. The molecule has 29 heavy (non-hydrogen) atoms. The summed E-state index contributed by atoms with van der Waals surface area (Å²) in [6.45, 7) is 3.01. The van der Waals surface area contributed by atoms with Crippen molar-refractivity contribution in [1.29, 1.82) is 0 Å². The molecule has 2 aromatic carbocycles. The van der Waals surface area contributed by atoms with E-state index in [1.165, 1.54) is 6.07 Å². The van der Waals surface area contributed by atoms with Gasteiger partial charge in [0.1, 0.15) is 0 Å². The number of amides is 2. The van der Waals surface area contributed by atoms with Crippen molar-refractivity contribution in [2.45, 2.75) is 31.7 Å². The van der Waals surface area contributed by atoms with Crippen LogP contribution < -0.4 is 16.0 Å². The Hall–Kier alpha value is -2.51. The van der Waals surface area contributed by atoms with Gasteiger partial charge in [-0.05, 0) is 48.9 Å². The van der Waals surface area contributed by atoms with Crippen molar-refractivity contribution in [2.75, 3.05) is 18.4 Å². The van der Waals surface area contributed by atoms with Gasteiger partial charge >= 0.3 is 0 Å². The van der Waals surface area contributed by atoms with E-state index in [9.17, 15) is 18.4 Å². The maximum absolute atomic E-state index is 13.7. The molecule has 2 aromatic rings. The molecule has 1 saturated heterocycles. The number of nitrogens with one attached hydrogen (secondary N) is 3. The second-order valence-electron chi connectivity index (χ2n) is 6.84. The van der Waals surface area contributed by atoms with E-state index in [0.29, 0.717) is 36.2 Å². The molecule has 2 atom stereocenters. The smallest absolute Gasteiger partial charge is 0.251 e. The van der Waals surface area contributed by atoms with E-state index >= 15 is 0 Å². The van der Waals surface area contributed by atoms with Gasteiger partial charge in [0.2, 0.25) is 5.91 Å². The number of hydrogen-bond donors (Lipinski definition) is 3.